The summed E-state index contributed by atoms with van der Waals surface area (Å²) in [4.78, 5) is 34.9. The van der Waals surface area contributed by atoms with Gasteiger partial charge >= 0.3 is 0 Å². The van der Waals surface area contributed by atoms with Crippen molar-refractivity contribution in [2.75, 3.05) is 0 Å². The second kappa shape index (κ2) is 7.63. The highest BCUT2D eigenvalue weighted by Gasteiger charge is 2.11. The SMILES string of the molecule is CC(C)Oc1ccc([C@@H](C)NC(=O)Cn2[nH]c(=O)ccc2=O)cc1. The summed E-state index contributed by atoms with van der Waals surface area (Å²) in [6.07, 6.45) is 0.0966. The second-order valence-corrected chi connectivity index (χ2v) is 5.76. The number of carbonyl (C=O) groups is 1. The van der Waals surface area contributed by atoms with E-state index in [9.17, 15) is 14.4 Å². The van der Waals surface area contributed by atoms with Crippen molar-refractivity contribution in [1.82, 2.24) is 15.1 Å². The fourth-order valence-corrected chi connectivity index (χ4v) is 2.20. The van der Waals surface area contributed by atoms with Crippen molar-refractivity contribution in [2.24, 2.45) is 0 Å². The fraction of sp³-hybridized carbons (Fsp3) is 0.353. The Hall–Kier alpha value is -2.83. The zero-order valence-corrected chi connectivity index (χ0v) is 13.9. The van der Waals surface area contributed by atoms with E-state index in [2.05, 4.69) is 10.4 Å². The normalized spacial score (nSPS) is 12.0. The van der Waals surface area contributed by atoms with Gasteiger partial charge in [-0.15, -0.1) is 0 Å². The van der Waals surface area contributed by atoms with Crippen molar-refractivity contribution >= 4 is 5.91 Å². The first-order valence-electron chi connectivity index (χ1n) is 7.71. The molecule has 0 unspecified atom stereocenters. The van der Waals surface area contributed by atoms with Crippen LogP contribution in [0.3, 0.4) is 0 Å². The molecule has 2 rings (SSSR count). The van der Waals surface area contributed by atoms with Crippen molar-refractivity contribution in [3.63, 3.8) is 0 Å². The first-order chi connectivity index (χ1) is 11.3. The Kier molecular flexibility index (Phi) is 5.57. The highest BCUT2D eigenvalue weighted by Crippen LogP contribution is 2.18. The van der Waals surface area contributed by atoms with Crippen LogP contribution in [0.25, 0.3) is 0 Å². The summed E-state index contributed by atoms with van der Waals surface area (Å²) in [6, 6.07) is 9.45. The molecule has 0 aliphatic carbocycles. The molecule has 0 radical (unpaired) electrons. The molecule has 7 heteroatoms. The van der Waals surface area contributed by atoms with E-state index in [1.807, 2.05) is 45.0 Å². The van der Waals surface area contributed by atoms with Gasteiger partial charge in [-0.3, -0.25) is 19.5 Å². The number of aromatic nitrogens is 2. The molecule has 0 aliphatic heterocycles. The Bertz CT molecular complexity index is 806. The number of nitrogens with one attached hydrogen (secondary N) is 2. The van der Waals surface area contributed by atoms with E-state index in [0.717, 1.165) is 28.1 Å². The molecule has 128 valence electrons. The van der Waals surface area contributed by atoms with Gasteiger partial charge in [0.25, 0.3) is 11.1 Å². The van der Waals surface area contributed by atoms with Crippen LogP contribution in [0, 0.1) is 0 Å². The minimum Gasteiger partial charge on any atom is -0.491 e. The number of aromatic amines is 1. The number of hydrogen-bond acceptors (Lipinski definition) is 4. The van der Waals surface area contributed by atoms with Gasteiger partial charge in [0, 0.05) is 12.1 Å². The molecule has 2 N–H and O–H groups in total. The molecule has 2 aromatic rings. The Morgan fingerprint density at radius 3 is 2.42 bits per heavy atom. The zero-order valence-electron chi connectivity index (χ0n) is 13.9. The van der Waals surface area contributed by atoms with Crippen molar-refractivity contribution in [3.8, 4) is 5.75 Å². The number of nitrogens with zero attached hydrogens (tertiary/aromatic N) is 1. The van der Waals surface area contributed by atoms with Gasteiger partial charge in [-0.25, -0.2) is 4.68 Å². The predicted octanol–water partition coefficient (Wildman–Crippen LogP) is 1.20. The van der Waals surface area contributed by atoms with Crippen molar-refractivity contribution in [2.45, 2.75) is 39.5 Å². The van der Waals surface area contributed by atoms with E-state index in [-0.39, 0.29) is 24.6 Å². The lowest BCUT2D eigenvalue weighted by Crippen LogP contribution is -2.36. The van der Waals surface area contributed by atoms with E-state index in [1.165, 1.54) is 0 Å². The van der Waals surface area contributed by atoms with Crippen LogP contribution in [0.4, 0.5) is 0 Å². The number of carbonyl (C=O) groups excluding carboxylic acids is 1. The van der Waals surface area contributed by atoms with Gasteiger partial charge in [0.2, 0.25) is 5.91 Å². The maximum atomic E-state index is 12.1. The molecule has 0 bridgehead atoms. The average molecular weight is 331 g/mol. The molecule has 0 aliphatic rings. The third kappa shape index (κ3) is 4.84. The van der Waals surface area contributed by atoms with Crippen LogP contribution >= 0.6 is 0 Å². The van der Waals surface area contributed by atoms with Gasteiger partial charge in [-0.2, -0.15) is 0 Å². The minimum absolute atomic E-state index is 0.0966. The van der Waals surface area contributed by atoms with Gasteiger partial charge in [0.1, 0.15) is 12.3 Å². The summed E-state index contributed by atoms with van der Waals surface area (Å²) in [5.74, 6) is 0.398. The number of H-pyrrole nitrogens is 1. The van der Waals surface area contributed by atoms with Crippen LogP contribution in [0.2, 0.25) is 0 Å². The van der Waals surface area contributed by atoms with Gasteiger partial charge in [0.15, 0.2) is 0 Å². The maximum absolute atomic E-state index is 12.1. The molecule has 0 fully saturated rings. The summed E-state index contributed by atoms with van der Waals surface area (Å²) in [5, 5.41) is 5.11. The molecule has 1 atom stereocenters. The van der Waals surface area contributed by atoms with Crippen LogP contribution in [0.5, 0.6) is 5.75 Å². The van der Waals surface area contributed by atoms with Crippen molar-refractivity contribution in [3.05, 3.63) is 62.7 Å². The summed E-state index contributed by atoms with van der Waals surface area (Å²) < 4.78 is 6.55. The first kappa shape index (κ1) is 17.5. The summed E-state index contributed by atoms with van der Waals surface area (Å²) in [5.41, 5.74) is 0.0390. The third-order valence-electron chi connectivity index (χ3n) is 3.32. The lowest BCUT2D eigenvalue weighted by Gasteiger charge is -2.16. The van der Waals surface area contributed by atoms with Gasteiger partial charge in [-0.05, 0) is 38.5 Å². The van der Waals surface area contributed by atoms with Gasteiger partial charge in [0.05, 0.1) is 12.1 Å². The number of amides is 1. The Morgan fingerprint density at radius 1 is 1.12 bits per heavy atom. The van der Waals surface area contributed by atoms with Gasteiger partial charge < -0.3 is 10.1 Å². The molecule has 7 nitrogen and oxygen atoms in total. The monoisotopic (exact) mass is 331 g/mol. The standard InChI is InChI=1S/C17H21N3O4/c1-11(2)24-14-6-4-13(5-7-14)12(3)18-16(22)10-20-17(23)9-8-15(21)19-20/h4-9,11-12H,10H2,1-3H3,(H,18,22)(H,19,21)/t12-/m1/s1. The first-order valence-corrected chi connectivity index (χ1v) is 7.71. The van der Waals surface area contributed by atoms with Crippen LogP contribution in [0.15, 0.2) is 46.0 Å². The molecule has 0 saturated heterocycles. The summed E-state index contributed by atoms with van der Waals surface area (Å²) in [6.45, 7) is 5.50. The van der Waals surface area contributed by atoms with E-state index in [1.54, 1.807) is 0 Å². The minimum atomic E-state index is -0.437. The lowest BCUT2D eigenvalue weighted by molar-refractivity contribution is -0.122. The molecular formula is C17H21N3O4. The Balaban J connectivity index is 1.99. The molecule has 1 aromatic heterocycles. The summed E-state index contributed by atoms with van der Waals surface area (Å²) >= 11 is 0. The van der Waals surface area contributed by atoms with E-state index >= 15 is 0 Å². The fourth-order valence-electron chi connectivity index (χ4n) is 2.20. The Labute approximate surface area is 139 Å². The molecule has 24 heavy (non-hydrogen) atoms. The van der Waals surface area contributed by atoms with Crippen LogP contribution in [-0.4, -0.2) is 21.8 Å². The van der Waals surface area contributed by atoms with E-state index in [4.69, 9.17) is 4.74 Å². The predicted molar refractivity (Wildman–Crippen MR) is 90.1 cm³/mol. The molecule has 1 heterocycles. The molecule has 0 spiro atoms. The van der Waals surface area contributed by atoms with Crippen LogP contribution in [0.1, 0.15) is 32.4 Å². The van der Waals surface area contributed by atoms with Crippen molar-refractivity contribution in [1.29, 1.82) is 0 Å². The number of ether oxygens (including phenoxy) is 1. The van der Waals surface area contributed by atoms with Gasteiger partial charge in [-0.1, -0.05) is 12.1 Å². The third-order valence-corrected chi connectivity index (χ3v) is 3.32. The van der Waals surface area contributed by atoms with Crippen LogP contribution in [-0.2, 0) is 11.3 Å². The zero-order chi connectivity index (χ0) is 17.7. The quantitative estimate of drug-likeness (QED) is 0.832. The number of benzene rings is 1. The molecule has 1 amide bonds. The largest absolute Gasteiger partial charge is 0.491 e. The van der Waals surface area contributed by atoms with Crippen LogP contribution < -0.4 is 21.2 Å². The molecule has 1 aromatic carbocycles. The topological polar surface area (TPSA) is 93.2 Å². The van der Waals surface area contributed by atoms with E-state index in [0.29, 0.717) is 0 Å². The number of rotatable bonds is 6. The molecule has 0 saturated carbocycles. The Morgan fingerprint density at radius 2 is 1.79 bits per heavy atom. The molecular weight excluding hydrogens is 310 g/mol. The maximum Gasteiger partial charge on any atom is 0.265 e. The smallest absolute Gasteiger partial charge is 0.265 e. The highest BCUT2D eigenvalue weighted by molar-refractivity contribution is 5.76. The summed E-state index contributed by atoms with van der Waals surface area (Å²) in [7, 11) is 0. The highest BCUT2D eigenvalue weighted by atomic mass is 16.5. The number of hydrogen-bond donors (Lipinski definition) is 2. The lowest BCUT2D eigenvalue weighted by atomic mass is 10.1. The van der Waals surface area contributed by atoms with E-state index < -0.39 is 11.1 Å². The van der Waals surface area contributed by atoms with Crippen molar-refractivity contribution < 1.29 is 9.53 Å². The second-order valence-electron chi connectivity index (χ2n) is 5.76. The average Bonchev–Trinajstić information content (AvgIpc) is 2.51.